The lowest BCUT2D eigenvalue weighted by Gasteiger charge is -2.11. The lowest BCUT2D eigenvalue weighted by Crippen LogP contribution is -2.10. The monoisotopic (exact) mass is 293 g/mol. The van der Waals surface area contributed by atoms with Gasteiger partial charge in [-0.1, -0.05) is 25.5 Å². The third-order valence-corrected chi connectivity index (χ3v) is 3.17. The SMILES string of the molecule is CCCCOC(=O)c1ccccc1OCCCCCNC. The largest absolute Gasteiger partial charge is 0.493 e. The molecule has 0 unspecified atom stereocenters. The summed E-state index contributed by atoms with van der Waals surface area (Å²) in [4.78, 5) is 12.0. The highest BCUT2D eigenvalue weighted by Gasteiger charge is 2.13. The Morgan fingerprint density at radius 3 is 2.67 bits per heavy atom. The van der Waals surface area contributed by atoms with E-state index in [0.717, 1.165) is 38.6 Å². The van der Waals surface area contributed by atoms with Gasteiger partial charge >= 0.3 is 5.97 Å². The van der Waals surface area contributed by atoms with Gasteiger partial charge in [-0.05, 0) is 51.4 Å². The minimum atomic E-state index is -0.297. The second kappa shape index (κ2) is 11.1. The summed E-state index contributed by atoms with van der Waals surface area (Å²) in [5.41, 5.74) is 0.517. The fraction of sp³-hybridized carbons (Fsp3) is 0.588. The molecule has 0 saturated heterocycles. The van der Waals surface area contributed by atoms with Crippen LogP contribution in [0.15, 0.2) is 24.3 Å². The van der Waals surface area contributed by atoms with E-state index in [9.17, 15) is 4.79 Å². The first kappa shape index (κ1) is 17.5. The summed E-state index contributed by atoms with van der Waals surface area (Å²) in [5.74, 6) is 0.321. The predicted molar refractivity (Wildman–Crippen MR) is 84.9 cm³/mol. The Balaban J connectivity index is 2.41. The molecule has 0 fully saturated rings. The van der Waals surface area contributed by atoms with Crippen molar-refractivity contribution in [1.82, 2.24) is 5.32 Å². The van der Waals surface area contributed by atoms with Gasteiger partial charge in [0.1, 0.15) is 11.3 Å². The number of hydrogen-bond acceptors (Lipinski definition) is 4. The Labute approximate surface area is 127 Å². The van der Waals surface area contributed by atoms with Crippen molar-refractivity contribution in [3.8, 4) is 5.75 Å². The zero-order valence-corrected chi connectivity index (χ0v) is 13.2. The van der Waals surface area contributed by atoms with Crippen molar-refractivity contribution >= 4 is 5.97 Å². The molecule has 0 bridgehead atoms. The van der Waals surface area contributed by atoms with Crippen LogP contribution in [0.4, 0.5) is 0 Å². The lowest BCUT2D eigenvalue weighted by molar-refractivity contribution is 0.0495. The van der Waals surface area contributed by atoms with Gasteiger partial charge in [0.2, 0.25) is 0 Å². The van der Waals surface area contributed by atoms with Crippen molar-refractivity contribution in [2.45, 2.75) is 39.0 Å². The van der Waals surface area contributed by atoms with Crippen molar-refractivity contribution in [3.05, 3.63) is 29.8 Å². The first-order valence-electron chi connectivity index (χ1n) is 7.83. The molecule has 21 heavy (non-hydrogen) atoms. The van der Waals surface area contributed by atoms with Crippen LogP contribution in [0.3, 0.4) is 0 Å². The minimum Gasteiger partial charge on any atom is -0.493 e. The van der Waals surface area contributed by atoms with Gasteiger partial charge in [0.05, 0.1) is 13.2 Å². The third kappa shape index (κ3) is 7.14. The molecule has 4 heteroatoms. The Morgan fingerprint density at radius 2 is 1.90 bits per heavy atom. The number of nitrogens with one attached hydrogen (secondary N) is 1. The maximum atomic E-state index is 12.0. The molecule has 1 rings (SSSR count). The van der Waals surface area contributed by atoms with Crippen LogP contribution in [0.25, 0.3) is 0 Å². The normalized spacial score (nSPS) is 10.4. The average Bonchev–Trinajstić information content (AvgIpc) is 2.51. The van der Waals surface area contributed by atoms with E-state index in [4.69, 9.17) is 9.47 Å². The predicted octanol–water partition coefficient (Wildman–Crippen LogP) is 3.41. The summed E-state index contributed by atoms with van der Waals surface area (Å²) >= 11 is 0. The van der Waals surface area contributed by atoms with Crippen LogP contribution in [0.2, 0.25) is 0 Å². The van der Waals surface area contributed by atoms with Crippen LogP contribution in [0, 0.1) is 0 Å². The Bertz CT molecular complexity index is 407. The molecular formula is C17H27NO3. The highest BCUT2D eigenvalue weighted by atomic mass is 16.5. The van der Waals surface area contributed by atoms with E-state index in [1.54, 1.807) is 6.07 Å². The van der Waals surface area contributed by atoms with Crippen molar-refractivity contribution < 1.29 is 14.3 Å². The Kier molecular flexibility index (Phi) is 9.29. The number of ether oxygens (including phenoxy) is 2. The molecule has 0 radical (unpaired) electrons. The van der Waals surface area contributed by atoms with Crippen LogP contribution in [-0.2, 0) is 4.74 Å². The van der Waals surface area contributed by atoms with Gasteiger partial charge in [0.15, 0.2) is 0 Å². The summed E-state index contributed by atoms with van der Waals surface area (Å²) in [7, 11) is 1.96. The van der Waals surface area contributed by atoms with Gasteiger partial charge in [-0.3, -0.25) is 0 Å². The molecule has 1 N–H and O–H groups in total. The van der Waals surface area contributed by atoms with E-state index < -0.39 is 0 Å². The summed E-state index contributed by atoms with van der Waals surface area (Å²) in [6.07, 6.45) is 5.14. The van der Waals surface area contributed by atoms with Crippen LogP contribution >= 0.6 is 0 Å². The van der Waals surface area contributed by atoms with E-state index in [2.05, 4.69) is 12.2 Å². The number of rotatable bonds is 11. The molecule has 0 spiro atoms. The fourth-order valence-corrected chi connectivity index (χ4v) is 1.91. The maximum absolute atomic E-state index is 12.0. The van der Waals surface area contributed by atoms with Gasteiger partial charge in [0, 0.05) is 0 Å². The molecule has 0 atom stereocenters. The summed E-state index contributed by atoms with van der Waals surface area (Å²) in [6, 6.07) is 7.28. The quantitative estimate of drug-likeness (QED) is 0.502. The Morgan fingerprint density at radius 1 is 1.10 bits per heavy atom. The Hall–Kier alpha value is -1.55. The third-order valence-electron chi connectivity index (χ3n) is 3.17. The fourth-order valence-electron chi connectivity index (χ4n) is 1.91. The molecule has 0 aromatic heterocycles. The molecule has 0 amide bonds. The number of para-hydroxylation sites is 1. The van der Waals surface area contributed by atoms with Gasteiger partial charge in [-0.2, -0.15) is 0 Å². The van der Waals surface area contributed by atoms with Gasteiger partial charge < -0.3 is 14.8 Å². The molecule has 0 saturated carbocycles. The summed E-state index contributed by atoms with van der Waals surface area (Å²) in [5, 5.41) is 3.12. The number of carbonyl (C=O) groups is 1. The van der Waals surface area contributed by atoms with Crippen molar-refractivity contribution in [3.63, 3.8) is 0 Å². The number of hydrogen-bond donors (Lipinski definition) is 1. The first-order chi connectivity index (χ1) is 10.3. The second-order valence-corrected chi connectivity index (χ2v) is 5.00. The van der Waals surface area contributed by atoms with E-state index in [0.29, 0.717) is 24.5 Å². The average molecular weight is 293 g/mol. The lowest BCUT2D eigenvalue weighted by atomic mass is 10.2. The zero-order valence-electron chi connectivity index (χ0n) is 13.2. The number of carbonyl (C=O) groups excluding carboxylic acids is 1. The van der Waals surface area contributed by atoms with Crippen LogP contribution in [0.1, 0.15) is 49.4 Å². The highest BCUT2D eigenvalue weighted by molar-refractivity contribution is 5.92. The number of benzene rings is 1. The standard InChI is InChI=1S/C17H27NO3/c1-3-4-13-21-17(19)15-10-6-7-11-16(15)20-14-9-5-8-12-18-2/h6-7,10-11,18H,3-5,8-9,12-14H2,1-2H3. The molecule has 0 aliphatic heterocycles. The van der Waals surface area contributed by atoms with E-state index in [1.807, 2.05) is 25.2 Å². The summed E-state index contributed by atoms with van der Waals surface area (Å²) < 4.78 is 11.0. The van der Waals surface area contributed by atoms with E-state index in [1.165, 1.54) is 0 Å². The van der Waals surface area contributed by atoms with Gasteiger partial charge in [0.25, 0.3) is 0 Å². The number of unbranched alkanes of at least 4 members (excludes halogenated alkanes) is 3. The van der Waals surface area contributed by atoms with E-state index in [-0.39, 0.29) is 5.97 Å². The second-order valence-electron chi connectivity index (χ2n) is 5.00. The molecule has 4 nitrogen and oxygen atoms in total. The van der Waals surface area contributed by atoms with Gasteiger partial charge in [-0.15, -0.1) is 0 Å². The maximum Gasteiger partial charge on any atom is 0.341 e. The molecule has 1 aromatic carbocycles. The molecule has 118 valence electrons. The van der Waals surface area contributed by atoms with Crippen LogP contribution in [-0.4, -0.2) is 32.8 Å². The van der Waals surface area contributed by atoms with Crippen LogP contribution < -0.4 is 10.1 Å². The van der Waals surface area contributed by atoms with Crippen molar-refractivity contribution in [2.24, 2.45) is 0 Å². The smallest absolute Gasteiger partial charge is 0.341 e. The van der Waals surface area contributed by atoms with Crippen molar-refractivity contribution in [2.75, 3.05) is 26.8 Å². The molecule has 1 aromatic rings. The molecular weight excluding hydrogens is 266 g/mol. The molecule has 0 aliphatic rings. The molecule has 0 heterocycles. The van der Waals surface area contributed by atoms with E-state index >= 15 is 0 Å². The van der Waals surface area contributed by atoms with Crippen LogP contribution in [0.5, 0.6) is 5.75 Å². The summed E-state index contributed by atoms with van der Waals surface area (Å²) in [6.45, 7) is 4.19. The minimum absolute atomic E-state index is 0.297. The zero-order chi connectivity index (χ0) is 15.3. The highest BCUT2D eigenvalue weighted by Crippen LogP contribution is 2.19. The number of esters is 1. The topological polar surface area (TPSA) is 47.6 Å². The first-order valence-corrected chi connectivity index (χ1v) is 7.83. The van der Waals surface area contributed by atoms with Gasteiger partial charge in [-0.25, -0.2) is 4.79 Å². The van der Waals surface area contributed by atoms with Crippen molar-refractivity contribution in [1.29, 1.82) is 0 Å². The molecule has 0 aliphatic carbocycles.